The van der Waals surface area contributed by atoms with Gasteiger partial charge in [0.1, 0.15) is 11.3 Å². The maximum absolute atomic E-state index is 11.4. The fourth-order valence-corrected chi connectivity index (χ4v) is 2.44. The van der Waals surface area contributed by atoms with E-state index in [2.05, 4.69) is 36.2 Å². The summed E-state index contributed by atoms with van der Waals surface area (Å²) in [5.41, 5.74) is 3.80. The number of carbonyl (C=O) groups excluding carboxylic acids is 1. The second kappa shape index (κ2) is 5.40. The Morgan fingerprint density at radius 2 is 1.95 bits per heavy atom. The third-order valence-electron chi connectivity index (χ3n) is 3.56. The van der Waals surface area contributed by atoms with Crippen LogP contribution in [0.2, 0.25) is 0 Å². The molecule has 0 saturated heterocycles. The van der Waals surface area contributed by atoms with Crippen molar-refractivity contribution in [2.75, 3.05) is 11.9 Å². The molecule has 0 saturated carbocycles. The minimum atomic E-state index is 0.584. The molecule has 21 heavy (non-hydrogen) atoms. The predicted octanol–water partition coefficient (Wildman–Crippen LogP) is 3.09. The molecule has 0 atom stereocenters. The number of rotatable bonds is 4. The average Bonchev–Trinajstić information content (AvgIpc) is 2.88. The van der Waals surface area contributed by atoms with Gasteiger partial charge in [-0.05, 0) is 24.6 Å². The van der Waals surface area contributed by atoms with Gasteiger partial charge in [-0.3, -0.25) is 9.20 Å². The topological polar surface area (TPSA) is 37.6 Å². The van der Waals surface area contributed by atoms with Crippen LogP contribution in [0.4, 0.5) is 5.82 Å². The lowest BCUT2D eigenvalue weighted by molar-refractivity contribution is 0.111. The molecule has 0 aliphatic rings. The van der Waals surface area contributed by atoms with Gasteiger partial charge in [-0.2, -0.15) is 0 Å². The smallest absolute Gasteiger partial charge is 0.170 e. The fourth-order valence-electron chi connectivity index (χ4n) is 2.44. The maximum Gasteiger partial charge on any atom is 0.170 e. The number of aryl methyl sites for hydroxylation is 1. The molecule has 0 fully saturated rings. The zero-order valence-electron chi connectivity index (χ0n) is 12.2. The molecule has 2 aromatic heterocycles. The summed E-state index contributed by atoms with van der Waals surface area (Å²) >= 11 is 0. The summed E-state index contributed by atoms with van der Waals surface area (Å²) in [6, 6.07) is 14.1. The minimum Gasteiger partial charge on any atom is -0.353 e. The minimum absolute atomic E-state index is 0.584. The number of aromatic nitrogens is 2. The molecule has 1 aromatic carbocycles. The summed E-state index contributed by atoms with van der Waals surface area (Å²) < 4.78 is 1.81. The summed E-state index contributed by atoms with van der Waals surface area (Å²) in [5.74, 6) is 0.705. The van der Waals surface area contributed by atoms with Gasteiger partial charge >= 0.3 is 0 Å². The van der Waals surface area contributed by atoms with Crippen molar-refractivity contribution in [2.24, 2.45) is 0 Å². The van der Waals surface area contributed by atoms with E-state index in [1.54, 1.807) is 0 Å². The van der Waals surface area contributed by atoms with E-state index in [9.17, 15) is 4.79 Å². The molecular weight excluding hydrogens is 262 g/mol. The largest absolute Gasteiger partial charge is 0.353 e. The van der Waals surface area contributed by atoms with Crippen LogP contribution in [0.5, 0.6) is 0 Å². The average molecular weight is 279 g/mol. The first-order chi connectivity index (χ1) is 10.2. The van der Waals surface area contributed by atoms with E-state index >= 15 is 0 Å². The van der Waals surface area contributed by atoms with Crippen LogP contribution in [0.3, 0.4) is 0 Å². The van der Waals surface area contributed by atoms with Gasteiger partial charge < -0.3 is 4.90 Å². The number of anilines is 1. The molecule has 106 valence electrons. The molecule has 0 aliphatic heterocycles. The van der Waals surface area contributed by atoms with Gasteiger partial charge in [-0.1, -0.05) is 35.9 Å². The molecule has 2 heterocycles. The van der Waals surface area contributed by atoms with Crippen molar-refractivity contribution < 1.29 is 4.79 Å². The third kappa shape index (κ3) is 2.52. The number of hydrogen-bond acceptors (Lipinski definition) is 3. The molecule has 0 bridgehead atoms. The summed E-state index contributed by atoms with van der Waals surface area (Å²) in [7, 11) is 1.95. The highest BCUT2D eigenvalue weighted by Gasteiger charge is 2.15. The van der Waals surface area contributed by atoms with Crippen molar-refractivity contribution in [2.45, 2.75) is 13.5 Å². The Morgan fingerprint density at radius 3 is 2.67 bits per heavy atom. The first-order valence-corrected chi connectivity index (χ1v) is 6.88. The van der Waals surface area contributed by atoms with Crippen molar-refractivity contribution >= 4 is 17.8 Å². The number of imidazole rings is 1. The van der Waals surface area contributed by atoms with Gasteiger partial charge in [-0.15, -0.1) is 0 Å². The van der Waals surface area contributed by atoms with Crippen LogP contribution in [0.15, 0.2) is 48.7 Å². The van der Waals surface area contributed by atoms with Crippen LogP contribution in [0.1, 0.15) is 21.6 Å². The molecular formula is C17H17N3O. The Bertz CT molecular complexity index is 774. The molecule has 0 aliphatic carbocycles. The van der Waals surface area contributed by atoms with E-state index in [-0.39, 0.29) is 0 Å². The van der Waals surface area contributed by atoms with Crippen LogP contribution in [0, 0.1) is 6.92 Å². The van der Waals surface area contributed by atoms with E-state index in [0.717, 1.165) is 11.9 Å². The number of hydrogen-bond donors (Lipinski definition) is 0. The van der Waals surface area contributed by atoms with Gasteiger partial charge in [0, 0.05) is 19.8 Å². The van der Waals surface area contributed by atoms with Crippen molar-refractivity contribution in [1.82, 2.24) is 9.38 Å². The first-order valence-electron chi connectivity index (χ1n) is 6.88. The van der Waals surface area contributed by atoms with E-state index in [1.807, 2.05) is 40.7 Å². The highest BCUT2D eigenvalue weighted by molar-refractivity contribution is 5.83. The van der Waals surface area contributed by atoms with Crippen LogP contribution in [0.25, 0.3) is 5.65 Å². The number of aldehydes is 1. The summed E-state index contributed by atoms with van der Waals surface area (Å²) in [5, 5.41) is 0. The SMILES string of the molecule is Cc1ccc(CN(C)c2nc3ccccn3c2C=O)cc1. The van der Waals surface area contributed by atoms with E-state index in [0.29, 0.717) is 18.1 Å². The zero-order chi connectivity index (χ0) is 14.8. The van der Waals surface area contributed by atoms with Gasteiger partial charge in [0.05, 0.1) is 0 Å². The molecule has 0 unspecified atom stereocenters. The van der Waals surface area contributed by atoms with Gasteiger partial charge in [-0.25, -0.2) is 4.98 Å². The Balaban J connectivity index is 1.95. The quantitative estimate of drug-likeness (QED) is 0.689. The normalized spacial score (nSPS) is 10.8. The molecule has 3 aromatic rings. The second-order valence-corrected chi connectivity index (χ2v) is 5.21. The van der Waals surface area contributed by atoms with Gasteiger partial charge in [0.25, 0.3) is 0 Å². The highest BCUT2D eigenvalue weighted by atomic mass is 16.1. The standard InChI is InChI=1S/C17H17N3O/c1-13-6-8-14(9-7-13)11-19(2)17-15(12-21)20-10-4-3-5-16(20)18-17/h3-10,12H,11H2,1-2H3. The van der Waals surface area contributed by atoms with E-state index in [4.69, 9.17) is 0 Å². The fraction of sp³-hybridized carbons (Fsp3) is 0.176. The number of carbonyl (C=O) groups is 1. The lowest BCUT2D eigenvalue weighted by atomic mass is 10.1. The molecule has 0 N–H and O–H groups in total. The molecule has 0 spiro atoms. The number of benzene rings is 1. The van der Waals surface area contributed by atoms with Gasteiger partial charge in [0.15, 0.2) is 12.1 Å². The third-order valence-corrected chi connectivity index (χ3v) is 3.56. The van der Waals surface area contributed by atoms with Crippen molar-refractivity contribution in [3.63, 3.8) is 0 Å². The molecule has 4 nitrogen and oxygen atoms in total. The molecule has 4 heteroatoms. The summed E-state index contributed by atoms with van der Waals surface area (Å²) in [6.07, 6.45) is 2.72. The predicted molar refractivity (Wildman–Crippen MR) is 83.9 cm³/mol. The lowest BCUT2D eigenvalue weighted by Gasteiger charge is -2.17. The summed E-state index contributed by atoms with van der Waals surface area (Å²) in [4.78, 5) is 18.0. The van der Waals surface area contributed by atoms with E-state index < -0.39 is 0 Å². The Kier molecular flexibility index (Phi) is 3.44. The number of nitrogens with zero attached hydrogens (tertiary/aromatic N) is 3. The molecule has 0 amide bonds. The number of pyridine rings is 1. The first kappa shape index (κ1) is 13.4. The van der Waals surface area contributed by atoms with Crippen molar-refractivity contribution in [3.05, 3.63) is 65.5 Å². The molecule has 0 radical (unpaired) electrons. The van der Waals surface area contributed by atoms with Crippen molar-refractivity contribution in [1.29, 1.82) is 0 Å². The Morgan fingerprint density at radius 1 is 1.19 bits per heavy atom. The Labute approximate surface area is 123 Å². The van der Waals surface area contributed by atoms with Crippen molar-refractivity contribution in [3.8, 4) is 0 Å². The molecule has 3 rings (SSSR count). The zero-order valence-corrected chi connectivity index (χ0v) is 12.2. The van der Waals surface area contributed by atoms with Crippen LogP contribution >= 0.6 is 0 Å². The summed E-state index contributed by atoms with van der Waals surface area (Å²) in [6.45, 7) is 2.78. The Hall–Kier alpha value is -2.62. The van der Waals surface area contributed by atoms with Crippen LogP contribution < -0.4 is 4.90 Å². The number of fused-ring (bicyclic) bond motifs is 1. The van der Waals surface area contributed by atoms with Gasteiger partial charge in [0.2, 0.25) is 0 Å². The van der Waals surface area contributed by atoms with Crippen LogP contribution in [-0.4, -0.2) is 22.7 Å². The monoisotopic (exact) mass is 279 g/mol. The van der Waals surface area contributed by atoms with Crippen LogP contribution in [-0.2, 0) is 6.54 Å². The lowest BCUT2D eigenvalue weighted by Crippen LogP contribution is -2.18. The second-order valence-electron chi connectivity index (χ2n) is 5.21. The van der Waals surface area contributed by atoms with E-state index in [1.165, 1.54) is 11.1 Å². The maximum atomic E-state index is 11.4. The highest BCUT2D eigenvalue weighted by Crippen LogP contribution is 2.21.